The lowest BCUT2D eigenvalue weighted by atomic mass is 9.94. The lowest BCUT2D eigenvalue weighted by Crippen LogP contribution is -2.53. The topological polar surface area (TPSA) is 32.3 Å². The van der Waals surface area contributed by atoms with Gasteiger partial charge < -0.3 is 0 Å². The Morgan fingerprint density at radius 3 is 2.11 bits per heavy atom. The van der Waals surface area contributed by atoms with Gasteiger partial charge in [-0.1, -0.05) is 38.5 Å². The summed E-state index contributed by atoms with van der Waals surface area (Å²) in [4.78, 5) is 12.2. The van der Waals surface area contributed by atoms with Crippen LogP contribution < -0.4 is 5.43 Å². The monoisotopic (exact) mass is 268 g/mol. The van der Waals surface area contributed by atoms with Crippen LogP contribution in [0.25, 0.3) is 0 Å². The minimum atomic E-state index is 0.0709. The predicted molar refractivity (Wildman–Crippen MR) is 74.9 cm³/mol. The maximum absolute atomic E-state index is 12.0. The predicted octanol–water partition coefficient (Wildman–Crippen LogP) is 3.41. The molecule has 0 aromatic carbocycles. The van der Waals surface area contributed by atoms with Crippen LogP contribution in [-0.4, -0.2) is 20.7 Å². The molecule has 3 rings (SSSR count). The highest BCUT2D eigenvalue weighted by atomic mass is 32.2. The van der Waals surface area contributed by atoms with E-state index in [1.54, 1.807) is 6.92 Å². The summed E-state index contributed by atoms with van der Waals surface area (Å²) in [6.07, 6.45) is 12.6. The van der Waals surface area contributed by atoms with Crippen molar-refractivity contribution < 1.29 is 4.79 Å². The largest absolute Gasteiger partial charge is 0.274 e. The molecule has 18 heavy (non-hydrogen) atoms. The molecule has 0 radical (unpaired) electrons. The summed E-state index contributed by atoms with van der Waals surface area (Å²) in [6, 6.07) is 0. The van der Waals surface area contributed by atoms with E-state index in [2.05, 4.69) is 17.2 Å². The van der Waals surface area contributed by atoms with E-state index in [4.69, 9.17) is 0 Å². The Kier molecular flexibility index (Phi) is 3.35. The second-order valence-electron chi connectivity index (χ2n) is 6.13. The van der Waals surface area contributed by atoms with Crippen molar-refractivity contribution in [3.63, 3.8) is 0 Å². The molecule has 102 valence electrons. The maximum Gasteiger partial charge on any atom is 0.234 e. The zero-order valence-electron chi connectivity index (χ0n) is 11.3. The van der Waals surface area contributed by atoms with Crippen molar-refractivity contribution in [3.05, 3.63) is 0 Å². The Labute approximate surface area is 114 Å². The van der Waals surface area contributed by atoms with E-state index in [0.29, 0.717) is 0 Å². The first kappa shape index (κ1) is 12.8. The Bertz CT molecular complexity index is 333. The lowest BCUT2D eigenvalue weighted by molar-refractivity contribution is -0.137. The average Bonchev–Trinajstić information content (AvgIpc) is 2.65. The van der Waals surface area contributed by atoms with E-state index < -0.39 is 0 Å². The third-order valence-corrected chi connectivity index (χ3v) is 6.58. The molecule has 1 saturated heterocycles. The first-order valence-corrected chi connectivity index (χ1v) is 8.26. The van der Waals surface area contributed by atoms with Crippen LogP contribution in [0.1, 0.15) is 71.1 Å². The first-order valence-electron chi connectivity index (χ1n) is 7.45. The number of hydrogen-bond donors (Lipinski definition) is 1. The van der Waals surface area contributed by atoms with Crippen LogP contribution in [0.15, 0.2) is 0 Å². The fraction of sp³-hybridized carbons (Fsp3) is 0.929. The highest BCUT2D eigenvalue weighted by Gasteiger charge is 2.55. The SMILES string of the molecule is CC(=O)N1NC2(CCCCC2)SC12CCCCC2. The Morgan fingerprint density at radius 1 is 1.00 bits per heavy atom. The van der Waals surface area contributed by atoms with Crippen LogP contribution in [-0.2, 0) is 4.79 Å². The molecular weight excluding hydrogens is 244 g/mol. The number of nitrogens with zero attached hydrogens (tertiary/aromatic N) is 1. The highest BCUT2D eigenvalue weighted by Crippen LogP contribution is 2.56. The third-order valence-electron chi connectivity index (χ3n) is 4.72. The van der Waals surface area contributed by atoms with Crippen molar-refractivity contribution in [1.29, 1.82) is 0 Å². The molecule has 1 N–H and O–H groups in total. The molecule has 2 saturated carbocycles. The van der Waals surface area contributed by atoms with E-state index in [1.165, 1.54) is 64.2 Å². The minimum Gasteiger partial charge on any atom is -0.274 e. The smallest absolute Gasteiger partial charge is 0.234 e. The van der Waals surface area contributed by atoms with Crippen LogP contribution in [0.2, 0.25) is 0 Å². The average molecular weight is 268 g/mol. The number of thioether (sulfide) groups is 1. The molecule has 0 unspecified atom stereocenters. The van der Waals surface area contributed by atoms with Crippen molar-refractivity contribution in [1.82, 2.24) is 10.4 Å². The van der Waals surface area contributed by atoms with E-state index in [-0.39, 0.29) is 15.6 Å². The van der Waals surface area contributed by atoms with Gasteiger partial charge >= 0.3 is 0 Å². The van der Waals surface area contributed by atoms with Gasteiger partial charge in [-0.2, -0.15) is 0 Å². The molecule has 3 fully saturated rings. The van der Waals surface area contributed by atoms with Crippen molar-refractivity contribution in [3.8, 4) is 0 Å². The van der Waals surface area contributed by atoms with Crippen molar-refractivity contribution in [2.45, 2.75) is 80.9 Å². The molecule has 0 bridgehead atoms. The van der Waals surface area contributed by atoms with Crippen molar-refractivity contribution in [2.75, 3.05) is 0 Å². The molecule has 3 aliphatic rings. The van der Waals surface area contributed by atoms with Gasteiger partial charge in [0.1, 0.15) is 4.87 Å². The van der Waals surface area contributed by atoms with Crippen LogP contribution in [0.3, 0.4) is 0 Å². The fourth-order valence-corrected chi connectivity index (χ4v) is 5.99. The molecule has 1 aliphatic heterocycles. The van der Waals surface area contributed by atoms with E-state index in [1.807, 2.05) is 5.01 Å². The fourth-order valence-electron chi connectivity index (χ4n) is 3.87. The quantitative estimate of drug-likeness (QED) is 0.731. The zero-order valence-corrected chi connectivity index (χ0v) is 12.2. The van der Waals surface area contributed by atoms with Crippen LogP contribution in [0.5, 0.6) is 0 Å². The molecule has 0 aromatic rings. The second kappa shape index (κ2) is 4.71. The zero-order chi connectivity index (χ0) is 12.6. The van der Waals surface area contributed by atoms with Crippen LogP contribution in [0.4, 0.5) is 0 Å². The van der Waals surface area contributed by atoms with E-state index in [0.717, 1.165) is 0 Å². The second-order valence-corrected chi connectivity index (χ2v) is 7.88. The Morgan fingerprint density at radius 2 is 1.56 bits per heavy atom. The van der Waals surface area contributed by atoms with Gasteiger partial charge in [-0.05, 0) is 25.7 Å². The van der Waals surface area contributed by atoms with Gasteiger partial charge in [-0.3, -0.25) is 9.80 Å². The molecule has 0 aromatic heterocycles. The summed E-state index contributed by atoms with van der Waals surface area (Å²) in [6.45, 7) is 1.71. The van der Waals surface area contributed by atoms with Gasteiger partial charge in [0.15, 0.2) is 0 Å². The number of carbonyl (C=O) groups is 1. The summed E-state index contributed by atoms with van der Waals surface area (Å²) in [5.74, 6) is 0.201. The minimum absolute atomic E-state index is 0.0709. The van der Waals surface area contributed by atoms with Crippen LogP contribution >= 0.6 is 11.8 Å². The first-order chi connectivity index (χ1) is 8.66. The number of rotatable bonds is 0. The summed E-state index contributed by atoms with van der Waals surface area (Å²) in [5.41, 5.74) is 3.61. The van der Waals surface area contributed by atoms with Gasteiger partial charge in [-0.25, -0.2) is 5.43 Å². The maximum atomic E-state index is 12.0. The highest BCUT2D eigenvalue weighted by molar-refractivity contribution is 8.02. The Hall–Kier alpha value is -0.220. The van der Waals surface area contributed by atoms with Gasteiger partial charge in [0, 0.05) is 6.92 Å². The van der Waals surface area contributed by atoms with Gasteiger partial charge in [-0.15, -0.1) is 11.8 Å². The number of hydrogen-bond acceptors (Lipinski definition) is 3. The number of hydrazine groups is 1. The van der Waals surface area contributed by atoms with Crippen molar-refractivity contribution >= 4 is 17.7 Å². The molecular formula is C14H24N2OS. The molecule has 2 aliphatic carbocycles. The van der Waals surface area contributed by atoms with Crippen LogP contribution in [0, 0.1) is 0 Å². The molecule has 3 nitrogen and oxygen atoms in total. The van der Waals surface area contributed by atoms with Crippen molar-refractivity contribution in [2.24, 2.45) is 0 Å². The molecule has 1 heterocycles. The number of carbonyl (C=O) groups excluding carboxylic acids is 1. The molecule has 1 amide bonds. The molecule has 2 spiro atoms. The van der Waals surface area contributed by atoms with Gasteiger partial charge in [0.25, 0.3) is 0 Å². The Balaban J connectivity index is 1.85. The summed E-state index contributed by atoms with van der Waals surface area (Å²) in [5, 5.41) is 2.00. The van der Waals surface area contributed by atoms with Gasteiger partial charge in [0.2, 0.25) is 5.91 Å². The lowest BCUT2D eigenvalue weighted by Gasteiger charge is -2.39. The third kappa shape index (κ3) is 2.07. The number of nitrogens with one attached hydrogen (secondary N) is 1. The van der Waals surface area contributed by atoms with Gasteiger partial charge in [0.05, 0.1) is 4.87 Å². The number of amides is 1. The normalized spacial score (nSPS) is 29.9. The summed E-state index contributed by atoms with van der Waals surface area (Å²) in [7, 11) is 0. The van der Waals surface area contributed by atoms with E-state index >= 15 is 0 Å². The molecule has 0 atom stereocenters. The summed E-state index contributed by atoms with van der Waals surface area (Å²) < 4.78 is 0. The summed E-state index contributed by atoms with van der Waals surface area (Å²) >= 11 is 2.09. The van der Waals surface area contributed by atoms with E-state index in [9.17, 15) is 4.79 Å². The standard InChI is InChI=1S/C14H24N2OS/c1-12(17)16-14(10-6-3-7-11-14)18-13(15-16)8-4-2-5-9-13/h15H,2-11H2,1H3. The molecule has 4 heteroatoms.